The fourth-order valence-corrected chi connectivity index (χ4v) is 5.35. The second-order valence-corrected chi connectivity index (χ2v) is 9.12. The fourth-order valence-electron chi connectivity index (χ4n) is 5.35. The van der Waals surface area contributed by atoms with Crippen molar-refractivity contribution in [2.45, 2.75) is 57.5 Å². The number of anilines is 1. The van der Waals surface area contributed by atoms with Crippen LogP contribution >= 0.6 is 0 Å². The molecule has 0 bridgehead atoms. The number of ether oxygens (including phenoxy) is 2. The van der Waals surface area contributed by atoms with Crippen LogP contribution in [0.25, 0.3) is 0 Å². The molecule has 0 spiro atoms. The molecule has 4 heterocycles. The van der Waals surface area contributed by atoms with Gasteiger partial charge in [0, 0.05) is 48.5 Å². The molecule has 0 saturated carbocycles. The SMILES string of the molecule is COc1ccccc1CN1C(=O)Cc2c(C)nc([C@H]3CCCN(C4CCOCC4)C3)nc21. The number of hydrogen-bond acceptors (Lipinski definition) is 6. The molecule has 5 rings (SSSR count). The molecule has 32 heavy (non-hydrogen) atoms. The Morgan fingerprint density at radius 2 is 1.97 bits per heavy atom. The Kier molecular flexibility index (Phi) is 6.11. The number of methoxy groups -OCH3 is 1. The van der Waals surface area contributed by atoms with Crippen molar-refractivity contribution in [2.75, 3.05) is 38.3 Å². The van der Waals surface area contributed by atoms with E-state index in [2.05, 4.69) is 4.90 Å². The third-order valence-corrected chi connectivity index (χ3v) is 7.14. The molecule has 0 N–H and O–H groups in total. The summed E-state index contributed by atoms with van der Waals surface area (Å²) in [5.41, 5.74) is 2.88. The number of hydrogen-bond donors (Lipinski definition) is 0. The molecule has 2 saturated heterocycles. The highest BCUT2D eigenvalue weighted by molar-refractivity contribution is 6.00. The lowest BCUT2D eigenvalue weighted by Gasteiger charge is -2.39. The standard InChI is InChI=1S/C25H32N4O3/c1-17-21-14-23(30)29(16-18-6-3-4-8-22(18)31-2)25(21)27-24(26-17)19-7-5-11-28(15-19)20-9-12-32-13-10-20/h3-4,6,8,19-20H,5,7,9-16H2,1-2H3/t19-/m0/s1. The number of carbonyl (C=O) groups excluding carboxylic acids is 1. The number of aromatic nitrogens is 2. The summed E-state index contributed by atoms with van der Waals surface area (Å²) in [7, 11) is 1.66. The second-order valence-electron chi connectivity index (χ2n) is 9.12. The van der Waals surface area contributed by atoms with E-state index in [0.29, 0.717) is 24.9 Å². The summed E-state index contributed by atoms with van der Waals surface area (Å²) in [6.07, 6.45) is 4.84. The zero-order valence-electron chi connectivity index (χ0n) is 19.0. The van der Waals surface area contributed by atoms with Crippen molar-refractivity contribution in [3.05, 3.63) is 46.9 Å². The highest BCUT2D eigenvalue weighted by Gasteiger charge is 2.34. The van der Waals surface area contributed by atoms with Crippen LogP contribution in [-0.2, 0) is 22.5 Å². The van der Waals surface area contributed by atoms with Crippen molar-refractivity contribution in [3.63, 3.8) is 0 Å². The van der Waals surface area contributed by atoms with E-state index in [1.165, 1.54) is 0 Å². The molecule has 3 aliphatic rings. The number of aryl methyl sites for hydroxylation is 1. The Labute approximate surface area is 189 Å². The van der Waals surface area contributed by atoms with Crippen LogP contribution in [0.4, 0.5) is 5.82 Å². The lowest BCUT2D eigenvalue weighted by molar-refractivity contribution is -0.117. The van der Waals surface area contributed by atoms with Crippen molar-refractivity contribution in [2.24, 2.45) is 0 Å². The molecule has 1 amide bonds. The molecule has 7 heteroatoms. The monoisotopic (exact) mass is 436 g/mol. The van der Waals surface area contributed by atoms with Crippen molar-refractivity contribution in [1.82, 2.24) is 14.9 Å². The van der Waals surface area contributed by atoms with Crippen LogP contribution in [0.15, 0.2) is 24.3 Å². The molecule has 0 unspecified atom stereocenters. The Morgan fingerprint density at radius 3 is 2.78 bits per heavy atom. The first-order chi connectivity index (χ1) is 15.6. The van der Waals surface area contributed by atoms with Gasteiger partial charge < -0.3 is 9.47 Å². The third kappa shape index (κ3) is 4.11. The van der Waals surface area contributed by atoms with Gasteiger partial charge in [0.2, 0.25) is 5.91 Å². The first kappa shape index (κ1) is 21.3. The van der Waals surface area contributed by atoms with Gasteiger partial charge in [-0.1, -0.05) is 18.2 Å². The minimum absolute atomic E-state index is 0.0768. The zero-order valence-corrected chi connectivity index (χ0v) is 19.0. The number of fused-ring (bicyclic) bond motifs is 1. The molecule has 1 atom stereocenters. The van der Waals surface area contributed by atoms with Crippen LogP contribution in [0.1, 0.15) is 54.2 Å². The topological polar surface area (TPSA) is 67.8 Å². The summed E-state index contributed by atoms with van der Waals surface area (Å²) in [6, 6.07) is 8.46. The molecular weight excluding hydrogens is 404 g/mol. The van der Waals surface area contributed by atoms with Crippen molar-refractivity contribution in [1.29, 1.82) is 0 Å². The van der Waals surface area contributed by atoms with E-state index < -0.39 is 0 Å². The van der Waals surface area contributed by atoms with Gasteiger partial charge in [-0.2, -0.15) is 0 Å². The average molecular weight is 437 g/mol. The molecule has 2 aromatic rings. The Hall–Kier alpha value is -2.51. The Morgan fingerprint density at radius 1 is 1.16 bits per heavy atom. The number of piperidine rings is 1. The van der Waals surface area contributed by atoms with Gasteiger partial charge in [-0.25, -0.2) is 9.97 Å². The van der Waals surface area contributed by atoms with Gasteiger partial charge in [-0.3, -0.25) is 14.6 Å². The number of amides is 1. The van der Waals surface area contributed by atoms with Crippen LogP contribution in [0, 0.1) is 6.92 Å². The minimum Gasteiger partial charge on any atom is -0.496 e. The highest BCUT2D eigenvalue weighted by atomic mass is 16.5. The van der Waals surface area contributed by atoms with E-state index in [0.717, 1.165) is 86.2 Å². The normalized spacial score (nSPS) is 22.2. The van der Waals surface area contributed by atoms with Crippen LogP contribution in [0.3, 0.4) is 0 Å². The molecule has 0 radical (unpaired) electrons. The van der Waals surface area contributed by atoms with Gasteiger partial charge in [0.1, 0.15) is 17.4 Å². The van der Waals surface area contributed by atoms with Crippen LogP contribution in [0.5, 0.6) is 5.75 Å². The maximum absolute atomic E-state index is 12.9. The van der Waals surface area contributed by atoms with E-state index in [1.807, 2.05) is 36.1 Å². The quantitative estimate of drug-likeness (QED) is 0.717. The predicted molar refractivity (Wildman–Crippen MR) is 122 cm³/mol. The van der Waals surface area contributed by atoms with E-state index in [4.69, 9.17) is 19.4 Å². The molecule has 7 nitrogen and oxygen atoms in total. The summed E-state index contributed by atoms with van der Waals surface area (Å²) in [5, 5.41) is 0. The number of rotatable bonds is 5. The summed E-state index contributed by atoms with van der Waals surface area (Å²) in [5.74, 6) is 2.84. The van der Waals surface area contributed by atoms with Gasteiger partial charge in [0.15, 0.2) is 0 Å². The van der Waals surface area contributed by atoms with Crippen LogP contribution in [0.2, 0.25) is 0 Å². The van der Waals surface area contributed by atoms with Crippen LogP contribution < -0.4 is 9.64 Å². The van der Waals surface area contributed by atoms with Gasteiger partial charge in [-0.05, 0) is 45.2 Å². The minimum atomic E-state index is 0.0768. The summed E-state index contributed by atoms with van der Waals surface area (Å²) >= 11 is 0. The van der Waals surface area contributed by atoms with Gasteiger partial charge in [0.05, 0.1) is 20.1 Å². The van der Waals surface area contributed by atoms with Crippen molar-refractivity contribution in [3.8, 4) is 5.75 Å². The van der Waals surface area contributed by atoms with E-state index in [-0.39, 0.29) is 5.91 Å². The highest BCUT2D eigenvalue weighted by Crippen LogP contribution is 2.35. The summed E-state index contributed by atoms with van der Waals surface area (Å²) in [6.45, 7) is 6.33. The molecule has 1 aromatic heterocycles. The van der Waals surface area contributed by atoms with E-state index >= 15 is 0 Å². The Balaban J connectivity index is 1.40. The molecule has 0 aliphatic carbocycles. The number of nitrogens with zero attached hydrogens (tertiary/aromatic N) is 4. The molecule has 2 fully saturated rings. The lowest BCUT2D eigenvalue weighted by atomic mass is 9.94. The summed E-state index contributed by atoms with van der Waals surface area (Å²) < 4.78 is 11.1. The van der Waals surface area contributed by atoms with Crippen LogP contribution in [-0.4, -0.2) is 60.2 Å². The molecular formula is C25H32N4O3. The largest absolute Gasteiger partial charge is 0.496 e. The Bertz CT molecular complexity index is 989. The van der Waals surface area contributed by atoms with Crippen molar-refractivity contribution >= 4 is 11.7 Å². The first-order valence-electron chi connectivity index (χ1n) is 11.8. The predicted octanol–water partition coefficient (Wildman–Crippen LogP) is 3.24. The number of benzene rings is 1. The smallest absolute Gasteiger partial charge is 0.233 e. The molecule has 3 aliphatic heterocycles. The number of likely N-dealkylation sites (tertiary alicyclic amines) is 1. The van der Waals surface area contributed by atoms with Gasteiger partial charge in [0.25, 0.3) is 0 Å². The third-order valence-electron chi connectivity index (χ3n) is 7.14. The number of para-hydroxylation sites is 1. The number of carbonyl (C=O) groups is 1. The lowest BCUT2D eigenvalue weighted by Crippen LogP contribution is -2.44. The average Bonchev–Trinajstić information content (AvgIpc) is 3.16. The second kappa shape index (κ2) is 9.16. The first-order valence-corrected chi connectivity index (χ1v) is 11.8. The zero-order chi connectivity index (χ0) is 22.1. The van der Waals surface area contributed by atoms with Gasteiger partial charge in [-0.15, -0.1) is 0 Å². The fraction of sp³-hybridized carbons (Fsp3) is 0.560. The molecule has 170 valence electrons. The van der Waals surface area contributed by atoms with E-state index in [1.54, 1.807) is 7.11 Å². The van der Waals surface area contributed by atoms with Gasteiger partial charge >= 0.3 is 0 Å². The van der Waals surface area contributed by atoms with Crippen molar-refractivity contribution < 1.29 is 14.3 Å². The summed E-state index contributed by atoms with van der Waals surface area (Å²) in [4.78, 5) is 27.2. The van der Waals surface area contributed by atoms with E-state index in [9.17, 15) is 4.79 Å². The maximum atomic E-state index is 12.9. The molecule has 1 aromatic carbocycles. The maximum Gasteiger partial charge on any atom is 0.233 e.